The van der Waals surface area contributed by atoms with Crippen molar-refractivity contribution in [1.82, 2.24) is 15.0 Å². The molecule has 2 heterocycles. The normalized spacial score (nSPS) is 12.5. The van der Waals surface area contributed by atoms with Gasteiger partial charge in [0.25, 0.3) is 0 Å². The van der Waals surface area contributed by atoms with Crippen molar-refractivity contribution in [2.45, 2.75) is 6.10 Å². The lowest BCUT2D eigenvalue weighted by molar-refractivity contribution is 0.216. The van der Waals surface area contributed by atoms with Crippen molar-refractivity contribution in [2.75, 3.05) is 0 Å². The molecule has 1 N–H and O–H groups in total. The highest BCUT2D eigenvalue weighted by Gasteiger charge is 2.15. The van der Waals surface area contributed by atoms with E-state index < -0.39 is 6.10 Å². The highest BCUT2D eigenvalue weighted by Crippen LogP contribution is 2.25. The van der Waals surface area contributed by atoms with Gasteiger partial charge in [0, 0.05) is 29.5 Å². The summed E-state index contributed by atoms with van der Waals surface area (Å²) >= 11 is 0. The van der Waals surface area contributed by atoms with E-state index in [0.717, 1.165) is 16.5 Å². The topological polar surface area (TPSA) is 58.9 Å². The number of aliphatic hydroxyl groups is 1. The van der Waals surface area contributed by atoms with E-state index in [1.807, 2.05) is 30.3 Å². The zero-order valence-corrected chi connectivity index (χ0v) is 9.56. The van der Waals surface area contributed by atoms with E-state index in [1.165, 1.54) is 0 Å². The molecule has 0 spiro atoms. The number of para-hydroxylation sites is 1. The number of fused-ring (bicyclic) bond motifs is 1. The Morgan fingerprint density at radius 3 is 2.67 bits per heavy atom. The van der Waals surface area contributed by atoms with Crippen molar-refractivity contribution >= 4 is 10.9 Å². The zero-order valence-electron chi connectivity index (χ0n) is 9.56. The Bertz CT molecular complexity index is 665. The van der Waals surface area contributed by atoms with Gasteiger partial charge in [-0.3, -0.25) is 15.0 Å². The molecule has 88 valence electrons. The Hall–Kier alpha value is -2.33. The third-order valence-electron chi connectivity index (χ3n) is 2.82. The van der Waals surface area contributed by atoms with Crippen LogP contribution in [0.4, 0.5) is 0 Å². The summed E-state index contributed by atoms with van der Waals surface area (Å²) in [4.78, 5) is 12.4. The summed E-state index contributed by atoms with van der Waals surface area (Å²) in [6.07, 6.45) is 5.62. The number of aromatic nitrogens is 3. The van der Waals surface area contributed by atoms with Crippen LogP contribution in [0.2, 0.25) is 0 Å². The van der Waals surface area contributed by atoms with Crippen molar-refractivity contribution in [3.63, 3.8) is 0 Å². The van der Waals surface area contributed by atoms with E-state index in [9.17, 15) is 5.11 Å². The van der Waals surface area contributed by atoms with Crippen molar-refractivity contribution in [3.05, 3.63) is 66.4 Å². The molecule has 18 heavy (non-hydrogen) atoms. The molecule has 0 aliphatic heterocycles. The number of rotatable bonds is 2. The van der Waals surface area contributed by atoms with Gasteiger partial charge in [0.1, 0.15) is 6.10 Å². The first-order valence-electron chi connectivity index (χ1n) is 5.64. The van der Waals surface area contributed by atoms with E-state index in [4.69, 9.17) is 0 Å². The molecule has 0 aliphatic rings. The summed E-state index contributed by atoms with van der Waals surface area (Å²) < 4.78 is 0. The summed E-state index contributed by atoms with van der Waals surface area (Å²) in [6.45, 7) is 0. The van der Waals surface area contributed by atoms with Crippen LogP contribution in [-0.4, -0.2) is 20.1 Å². The maximum absolute atomic E-state index is 10.3. The minimum Gasteiger partial charge on any atom is -0.382 e. The van der Waals surface area contributed by atoms with Crippen molar-refractivity contribution in [1.29, 1.82) is 0 Å². The van der Waals surface area contributed by atoms with E-state index in [-0.39, 0.29) is 0 Å². The number of aliphatic hydroxyl groups excluding tert-OH is 1. The highest BCUT2D eigenvalue weighted by atomic mass is 16.3. The molecule has 0 saturated heterocycles. The van der Waals surface area contributed by atoms with E-state index in [1.54, 1.807) is 24.8 Å². The molecule has 0 radical (unpaired) electrons. The Balaban J connectivity index is 2.15. The number of hydrogen-bond donors (Lipinski definition) is 1. The second kappa shape index (κ2) is 4.50. The van der Waals surface area contributed by atoms with Gasteiger partial charge in [-0.1, -0.05) is 24.3 Å². The summed E-state index contributed by atoms with van der Waals surface area (Å²) in [5, 5.41) is 11.3. The van der Waals surface area contributed by atoms with E-state index in [0.29, 0.717) is 5.69 Å². The SMILES string of the molecule is OC(c1cnccn1)c1cccc2cccnc12. The molecule has 1 atom stereocenters. The van der Waals surface area contributed by atoms with Gasteiger partial charge >= 0.3 is 0 Å². The molecular formula is C14H11N3O. The summed E-state index contributed by atoms with van der Waals surface area (Å²) in [7, 11) is 0. The molecular weight excluding hydrogens is 226 g/mol. The quantitative estimate of drug-likeness (QED) is 0.741. The number of pyridine rings is 1. The van der Waals surface area contributed by atoms with Crippen molar-refractivity contribution in [2.24, 2.45) is 0 Å². The minimum absolute atomic E-state index is 0.524. The lowest BCUT2D eigenvalue weighted by atomic mass is 10.0. The van der Waals surface area contributed by atoms with Crippen LogP contribution < -0.4 is 0 Å². The lowest BCUT2D eigenvalue weighted by Gasteiger charge is -2.11. The average Bonchev–Trinajstić information content (AvgIpc) is 2.47. The van der Waals surface area contributed by atoms with E-state index in [2.05, 4.69) is 15.0 Å². The van der Waals surface area contributed by atoms with Crippen LogP contribution in [-0.2, 0) is 0 Å². The summed E-state index contributed by atoms with van der Waals surface area (Å²) in [5.41, 5.74) is 2.06. The maximum atomic E-state index is 10.3. The first-order valence-corrected chi connectivity index (χ1v) is 5.64. The number of hydrogen-bond acceptors (Lipinski definition) is 4. The Morgan fingerprint density at radius 2 is 1.83 bits per heavy atom. The van der Waals surface area contributed by atoms with Crippen LogP contribution >= 0.6 is 0 Å². The monoisotopic (exact) mass is 237 g/mol. The third-order valence-corrected chi connectivity index (χ3v) is 2.82. The predicted octanol–water partition coefficient (Wildman–Crippen LogP) is 2.11. The van der Waals surface area contributed by atoms with Crippen LogP contribution in [0.15, 0.2) is 55.1 Å². The molecule has 4 nitrogen and oxygen atoms in total. The standard InChI is InChI=1S/C14H11N3O/c18-14(12-9-15-7-8-16-12)11-5-1-3-10-4-2-6-17-13(10)11/h1-9,14,18H. The van der Waals surface area contributed by atoms with Crippen molar-refractivity contribution in [3.8, 4) is 0 Å². The third kappa shape index (κ3) is 1.83. The largest absolute Gasteiger partial charge is 0.382 e. The molecule has 2 aromatic heterocycles. The van der Waals surface area contributed by atoms with Gasteiger partial charge in [-0.05, 0) is 6.07 Å². The fourth-order valence-electron chi connectivity index (χ4n) is 1.96. The molecule has 4 heteroatoms. The summed E-state index contributed by atoms with van der Waals surface area (Å²) in [5.74, 6) is 0. The van der Waals surface area contributed by atoms with E-state index >= 15 is 0 Å². The van der Waals surface area contributed by atoms with Crippen molar-refractivity contribution < 1.29 is 5.11 Å². The first-order chi connectivity index (χ1) is 8.86. The molecule has 3 rings (SSSR count). The number of benzene rings is 1. The Kier molecular flexibility index (Phi) is 2.70. The smallest absolute Gasteiger partial charge is 0.125 e. The second-order valence-corrected chi connectivity index (χ2v) is 3.96. The van der Waals surface area contributed by atoms with Gasteiger partial charge in [-0.15, -0.1) is 0 Å². The van der Waals surface area contributed by atoms with Gasteiger partial charge in [-0.2, -0.15) is 0 Å². The van der Waals surface area contributed by atoms with Gasteiger partial charge in [0.15, 0.2) is 0 Å². The fraction of sp³-hybridized carbons (Fsp3) is 0.0714. The summed E-state index contributed by atoms with van der Waals surface area (Å²) in [6, 6.07) is 9.57. The molecule has 0 bridgehead atoms. The average molecular weight is 237 g/mol. The molecule has 0 aliphatic carbocycles. The van der Waals surface area contributed by atoms with Crippen LogP contribution in [0.5, 0.6) is 0 Å². The zero-order chi connectivity index (χ0) is 12.4. The lowest BCUT2D eigenvalue weighted by Crippen LogP contribution is -2.03. The molecule has 3 aromatic rings. The van der Waals surface area contributed by atoms with Gasteiger partial charge in [0.2, 0.25) is 0 Å². The minimum atomic E-state index is -0.808. The van der Waals surface area contributed by atoms with Gasteiger partial charge in [-0.25, -0.2) is 0 Å². The molecule has 0 amide bonds. The number of nitrogens with zero attached hydrogens (tertiary/aromatic N) is 3. The fourth-order valence-corrected chi connectivity index (χ4v) is 1.96. The predicted molar refractivity (Wildman–Crippen MR) is 67.8 cm³/mol. The van der Waals surface area contributed by atoms with Crippen LogP contribution in [0.1, 0.15) is 17.4 Å². The molecule has 1 aromatic carbocycles. The Labute approximate surface area is 104 Å². The molecule has 0 fully saturated rings. The molecule has 0 saturated carbocycles. The first kappa shape index (κ1) is 10.8. The van der Waals surface area contributed by atoms with Gasteiger partial charge in [0.05, 0.1) is 17.4 Å². The van der Waals surface area contributed by atoms with Crippen LogP contribution in [0, 0.1) is 0 Å². The maximum Gasteiger partial charge on any atom is 0.125 e. The Morgan fingerprint density at radius 1 is 0.944 bits per heavy atom. The molecule has 1 unspecified atom stereocenters. The highest BCUT2D eigenvalue weighted by molar-refractivity contribution is 5.82. The van der Waals surface area contributed by atoms with Gasteiger partial charge < -0.3 is 5.11 Å². The van der Waals surface area contributed by atoms with Crippen LogP contribution in [0.25, 0.3) is 10.9 Å². The second-order valence-electron chi connectivity index (χ2n) is 3.96. The van der Waals surface area contributed by atoms with Crippen LogP contribution in [0.3, 0.4) is 0 Å².